The van der Waals surface area contributed by atoms with E-state index in [9.17, 15) is 0 Å². The van der Waals surface area contributed by atoms with Crippen molar-refractivity contribution in [3.05, 3.63) is 0 Å². The van der Waals surface area contributed by atoms with E-state index in [1.807, 2.05) is 0 Å². The molecule has 9 heteroatoms. The van der Waals surface area contributed by atoms with E-state index in [2.05, 4.69) is 0 Å². The van der Waals surface area contributed by atoms with Gasteiger partial charge in [-0.3, -0.25) is 0 Å². The van der Waals surface area contributed by atoms with Crippen molar-refractivity contribution in [2.24, 2.45) is 0 Å². The molecule has 0 amide bonds. The Morgan fingerprint density at radius 3 is 1.00 bits per heavy atom. The molecule has 1 radical (unpaired) electrons. The second kappa shape index (κ2) is 7.81. The molecule has 0 N–H and O–H groups in total. The molecule has 1 fully saturated rings. The van der Waals surface area contributed by atoms with E-state index in [4.69, 9.17) is 16.5 Å². The Morgan fingerprint density at radius 1 is 0.556 bits per heavy atom. The molecule has 9 heavy (non-hydrogen) atoms. The van der Waals surface area contributed by atoms with Crippen LogP contribution in [0.5, 0.6) is 0 Å². The van der Waals surface area contributed by atoms with Gasteiger partial charge in [0.05, 0.1) is 0 Å². The van der Waals surface area contributed by atoms with Gasteiger partial charge >= 0.3 is 0 Å². The molecule has 0 aromatic heterocycles. The van der Waals surface area contributed by atoms with Gasteiger partial charge in [0, 0.05) is 29.6 Å². The summed E-state index contributed by atoms with van der Waals surface area (Å²) in [6.45, 7) is 0. The van der Waals surface area contributed by atoms with E-state index < -0.39 is 40.0 Å². The van der Waals surface area contributed by atoms with E-state index in [0.29, 0.717) is 0 Å². The molecule has 0 aliphatic carbocycles. The molecule has 1 heterocycles. The van der Waals surface area contributed by atoms with Gasteiger partial charge < -0.3 is 16.5 Å². The van der Waals surface area contributed by atoms with E-state index in [-0.39, 0.29) is 29.6 Å². The maximum atomic E-state index is 5.10. The molecule has 0 atom stereocenters. The molecule has 0 bridgehead atoms. The number of hydrogen-bond acceptors (Lipinski definition) is 4. The summed E-state index contributed by atoms with van der Waals surface area (Å²) < 4.78 is 20.4. The molecule has 4 nitrogen and oxygen atoms in total. The van der Waals surface area contributed by atoms with Gasteiger partial charge in [-0.25, -0.2) is 0 Å². The first-order chi connectivity index (χ1) is 4.00. The van der Waals surface area contributed by atoms with E-state index in [1.165, 1.54) is 0 Å². The Bertz CT molecular complexity index is 36.5. The fraction of sp³-hybridized carbons (Fsp3) is 0. The van der Waals surface area contributed by atoms with Crippen LogP contribution in [0.15, 0.2) is 0 Å². The number of rotatable bonds is 0. The van der Waals surface area contributed by atoms with E-state index in [0.717, 1.165) is 0 Å². The summed E-state index contributed by atoms with van der Waals surface area (Å²) in [5.74, 6) is 0. The normalized spacial score (nSPS) is 32.0. The summed E-state index contributed by atoms with van der Waals surface area (Å²) in [5, 5.41) is 0. The Morgan fingerprint density at radius 2 is 0.778 bits per heavy atom. The maximum Gasteiger partial charge on any atom is 0.286 e. The fourth-order valence-electron chi connectivity index (χ4n) is 0.372. The summed E-state index contributed by atoms with van der Waals surface area (Å²) in [4.78, 5) is 0. The predicted molar refractivity (Wildman–Crippen MR) is 44.3 cm³/mol. The third kappa shape index (κ3) is 6.12. The maximum absolute atomic E-state index is 5.10. The van der Waals surface area contributed by atoms with Gasteiger partial charge in [0.2, 0.25) is 0 Å². The van der Waals surface area contributed by atoms with Crippen molar-refractivity contribution in [1.82, 2.24) is 0 Å². The molecular weight excluding hydrogens is 199 g/mol. The first-order valence-electron chi connectivity index (χ1n) is 2.31. The van der Waals surface area contributed by atoms with Crippen LogP contribution in [0.3, 0.4) is 0 Å². The van der Waals surface area contributed by atoms with Gasteiger partial charge in [0.1, 0.15) is 0 Å². The van der Waals surface area contributed by atoms with Crippen LogP contribution in [0.25, 0.3) is 0 Å². The van der Waals surface area contributed by atoms with Crippen molar-refractivity contribution >= 4 is 69.6 Å². The number of hydrogen-bond donors (Lipinski definition) is 0. The molecule has 1 aliphatic heterocycles. The van der Waals surface area contributed by atoms with Gasteiger partial charge in [0.25, 0.3) is 40.0 Å². The van der Waals surface area contributed by atoms with E-state index in [1.54, 1.807) is 0 Å². The van der Waals surface area contributed by atoms with Crippen LogP contribution in [0.4, 0.5) is 0 Å². The first-order valence-corrected chi connectivity index (χ1v) is 6.93. The van der Waals surface area contributed by atoms with Crippen LogP contribution in [0, 0.1) is 0 Å². The van der Waals surface area contributed by atoms with Gasteiger partial charge in [-0.1, -0.05) is 0 Å². The van der Waals surface area contributed by atoms with Crippen LogP contribution < -0.4 is 0 Å². The zero-order valence-electron chi connectivity index (χ0n) is 5.46. The van der Waals surface area contributed by atoms with Crippen LogP contribution in [0.2, 0.25) is 0 Å². The Kier molecular flexibility index (Phi) is 9.29. The van der Waals surface area contributed by atoms with Gasteiger partial charge in [0.15, 0.2) is 0 Å². The molecule has 0 aromatic carbocycles. The van der Waals surface area contributed by atoms with Crippen molar-refractivity contribution in [3.63, 3.8) is 0 Å². The van der Waals surface area contributed by atoms with Crippen LogP contribution >= 0.6 is 0 Å². The summed E-state index contributed by atoms with van der Waals surface area (Å²) in [5.41, 5.74) is 0. The quantitative estimate of drug-likeness (QED) is 0.377. The van der Waals surface area contributed by atoms with Gasteiger partial charge in [-0.15, -0.1) is 0 Å². The summed E-state index contributed by atoms with van der Waals surface area (Å²) in [7, 11) is -2.61. The van der Waals surface area contributed by atoms with Gasteiger partial charge in [-0.2, -0.15) is 0 Å². The standard InChI is InChI=1S/Na.H8O4Si4/c;1-5-2-7-4-8-3-6-1/h;5-8H2. The minimum absolute atomic E-state index is 0. The second-order valence-electron chi connectivity index (χ2n) is 1.29. The van der Waals surface area contributed by atoms with Crippen LogP contribution in [-0.2, 0) is 16.5 Å². The molecule has 1 rings (SSSR count). The molecular formula is H8NaO4Si4. The smallest absolute Gasteiger partial charge is 0.286 e. The summed E-state index contributed by atoms with van der Waals surface area (Å²) in [6.07, 6.45) is 0. The van der Waals surface area contributed by atoms with Crippen molar-refractivity contribution in [2.75, 3.05) is 0 Å². The van der Waals surface area contributed by atoms with Gasteiger partial charge in [-0.05, 0) is 0 Å². The average Bonchev–Trinajstić information content (AvgIpc) is 1.62. The third-order valence-electron chi connectivity index (χ3n) is 0.667. The monoisotopic (exact) mass is 207 g/mol. The van der Waals surface area contributed by atoms with Crippen molar-refractivity contribution in [1.29, 1.82) is 0 Å². The Hall–Kier alpha value is 1.71. The third-order valence-corrected chi connectivity index (χ3v) is 6.00. The fourth-order valence-corrected chi connectivity index (χ4v) is 7.59. The average molecular weight is 207 g/mol. The van der Waals surface area contributed by atoms with E-state index >= 15 is 0 Å². The van der Waals surface area contributed by atoms with Crippen LogP contribution in [0.1, 0.15) is 0 Å². The minimum Gasteiger partial charge on any atom is -0.425 e. The molecule has 0 unspecified atom stereocenters. The summed E-state index contributed by atoms with van der Waals surface area (Å²) in [6, 6.07) is 0. The van der Waals surface area contributed by atoms with Crippen molar-refractivity contribution in [2.45, 2.75) is 0 Å². The SMILES string of the molecule is O1[SiH2]O[SiH2]O[SiH2]O[SiH2]1.[Na]. The Labute approximate surface area is 85.5 Å². The molecule has 1 saturated heterocycles. The Balaban J connectivity index is 0.000000640. The predicted octanol–water partition coefficient (Wildman–Crippen LogP) is -4.32. The van der Waals surface area contributed by atoms with Crippen molar-refractivity contribution < 1.29 is 16.5 Å². The molecule has 49 valence electrons. The minimum atomic E-state index is -0.653. The van der Waals surface area contributed by atoms with Crippen molar-refractivity contribution in [3.8, 4) is 0 Å². The topological polar surface area (TPSA) is 36.9 Å². The second-order valence-corrected chi connectivity index (χ2v) is 8.76. The van der Waals surface area contributed by atoms with Crippen LogP contribution in [-0.4, -0.2) is 69.6 Å². The largest absolute Gasteiger partial charge is 0.425 e. The zero-order valence-corrected chi connectivity index (χ0v) is 13.1. The molecule has 0 spiro atoms. The summed E-state index contributed by atoms with van der Waals surface area (Å²) >= 11 is 0. The first kappa shape index (κ1) is 10.7. The zero-order chi connectivity index (χ0) is 5.66. The molecule has 0 saturated carbocycles. The molecule has 1 aliphatic rings. The molecule has 0 aromatic rings.